The molecule has 3 aliphatic rings. The maximum absolute atomic E-state index is 14.7. The summed E-state index contributed by atoms with van der Waals surface area (Å²) in [7, 11) is 1.93. The van der Waals surface area contributed by atoms with Gasteiger partial charge in [0.05, 0.1) is 29.6 Å². The minimum absolute atomic E-state index is 0. The summed E-state index contributed by atoms with van der Waals surface area (Å²) >= 11 is 0. The molecule has 43 heavy (non-hydrogen) atoms. The molecule has 234 valence electrons. The van der Waals surface area contributed by atoms with Crippen LogP contribution in [0.5, 0.6) is 6.01 Å². The lowest BCUT2D eigenvalue weighted by Crippen LogP contribution is -2.49. The maximum atomic E-state index is 14.7. The number of halogens is 1. The maximum Gasteiger partial charge on any atom is 0.318 e. The third kappa shape index (κ3) is 6.31. The number of aromatic nitrogens is 4. The number of carbonyl (C=O) groups excluding carboxylic acids is 1. The number of alkyl halides is 1. The van der Waals surface area contributed by atoms with E-state index in [0.29, 0.717) is 58.3 Å². The van der Waals surface area contributed by atoms with E-state index in [1.165, 1.54) is 22.9 Å². The molecular weight excluding hydrogens is 567 g/mol. The molecule has 3 aliphatic heterocycles. The summed E-state index contributed by atoms with van der Waals surface area (Å²) in [4.78, 5) is 30.5. The Morgan fingerprint density at radius 2 is 1.95 bits per heavy atom. The Balaban J connectivity index is 0.00000212. The number of carbonyl (C=O) groups is 1. The van der Waals surface area contributed by atoms with Gasteiger partial charge < -0.3 is 19.4 Å². The Morgan fingerprint density at radius 3 is 2.63 bits per heavy atom. The lowest BCUT2D eigenvalue weighted by Gasteiger charge is -2.38. The number of hydrogen-bond donors (Lipinski definition) is 1. The Morgan fingerprint density at radius 1 is 1.21 bits per heavy atom. The second-order valence-corrected chi connectivity index (χ2v) is 11.9. The lowest BCUT2D eigenvalue weighted by atomic mass is 9.99. The predicted molar refractivity (Wildman–Crippen MR) is 174 cm³/mol. The van der Waals surface area contributed by atoms with Gasteiger partial charge in [0.25, 0.3) is 0 Å². The first kappa shape index (κ1) is 32.5. The number of aromatic amines is 1. The van der Waals surface area contributed by atoms with Crippen molar-refractivity contribution in [1.82, 2.24) is 30.0 Å². The standard InChI is InChI=1S/C30H39FN8O2.CH4.H2S/c1-6-26(40)37-9-11-38(12-10-37)28-22-7-8-39(27-20(3)19(2)13-24-23(27)15-32-35-24)16-25(22)33-29(34-28)41-17-21-14-30(4,31)18-36(21)5;;/h6,13,15,21H,1,7-12,14,16-18H2,2-5H3,(H,32,35);1H4;1H2/t21-,30?;;/m0../s1. The van der Waals surface area contributed by atoms with E-state index >= 15 is 0 Å². The average molecular weight is 613 g/mol. The number of aryl methyl sites for hydroxylation is 1. The fraction of sp³-hybridized carbons (Fsp3) is 0.548. The molecule has 2 aromatic heterocycles. The summed E-state index contributed by atoms with van der Waals surface area (Å²) in [5.74, 6) is 0.827. The van der Waals surface area contributed by atoms with E-state index in [0.717, 1.165) is 40.9 Å². The van der Waals surface area contributed by atoms with Crippen molar-refractivity contribution in [2.45, 2.75) is 59.3 Å². The second-order valence-electron chi connectivity index (χ2n) is 11.9. The summed E-state index contributed by atoms with van der Waals surface area (Å²) in [5, 5.41) is 8.53. The number of likely N-dealkylation sites (N-methyl/N-ethyl adjacent to an activating group) is 1. The molecule has 0 aliphatic carbocycles. The van der Waals surface area contributed by atoms with Gasteiger partial charge in [0.2, 0.25) is 5.91 Å². The number of anilines is 2. The quantitative estimate of drug-likeness (QED) is 0.419. The van der Waals surface area contributed by atoms with Crippen LogP contribution < -0.4 is 14.5 Å². The van der Waals surface area contributed by atoms with Gasteiger partial charge in [0.1, 0.15) is 18.1 Å². The van der Waals surface area contributed by atoms with Crippen molar-refractivity contribution in [3.05, 3.63) is 47.3 Å². The number of fused-ring (bicyclic) bond motifs is 2. The molecule has 1 amide bonds. The SMILES string of the molecule is C.C=CC(=O)N1CCN(c2nc(OC[C@@H]3CC(C)(F)CN3C)nc3c2CCN(c2c(C)c(C)cc4[nH]ncc24)C3)CC1.S. The van der Waals surface area contributed by atoms with Gasteiger partial charge in [-0.3, -0.25) is 14.8 Å². The van der Waals surface area contributed by atoms with Crippen molar-refractivity contribution in [3.8, 4) is 6.01 Å². The van der Waals surface area contributed by atoms with Crippen LogP contribution in [0, 0.1) is 13.8 Å². The van der Waals surface area contributed by atoms with Crippen LogP contribution in [0.3, 0.4) is 0 Å². The third-order valence-corrected chi connectivity index (χ3v) is 8.90. The lowest BCUT2D eigenvalue weighted by molar-refractivity contribution is -0.126. The van der Waals surface area contributed by atoms with Crippen molar-refractivity contribution >= 4 is 41.8 Å². The highest BCUT2D eigenvalue weighted by Crippen LogP contribution is 2.37. The fourth-order valence-electron chi connectivity index (χ4n) is 6.61. The zero-order chi connectivity index (χ0) is 28.9. The number of nitrogens with zero attached hydrogens (tertiary/aromatic N) is 7. The van der Waals surface area contributed by atoms with Gasteiger partial charge in [0, 0.05) is 62.7 Å². The Bertz CT molecular complexity index is 1490. The number of hydrogen-bond acceptors (Lipinski definition) is 8. The first-order valence-corrected chi connectivity index (χ1v) is 14.4. The van der Waals surface area contributed by atoms with E-state index in [-0.39, 0.29) is 32.9 Å². The van der Waals surface area contributed by atoms with Gasteiger partial charge in [-0.05, 0) is 57.5 Å². The second kappa shape index (κ2) is 12.7. The minimum Gasteiger partial charge on any atom is -0.462 e. The van der Waals surface area contributed by atoms with Crippen molar-refractivity contribution in [2.24, 2.45) is 0 Å². The smallest absolute Gasteiger partial charge is 0.318 e. The molecule has 1 unspecified atom stereocenters. The van der Waals surface area contributed by atoms with Crippen LogP contribution in [0.25, 0.3) is 10.9 Å². The molecule has 6 rings (SSSR count). The summed E-state index contributed by atoms with van der Waals surface area (Å²) in [5.41, 5.74) is 5.48. The molecule has 1 aromatic carbocycles. The molecule has 12 heteroatoms. The molecular formula is C31H45FN8O2S. The molecule has 2 saturated heterocycles. The number of rotatable bonds is 6. The van der Waals surface area contributed by atoms with Crippen LogP contribution in [0.15, 0.2) is 24.9 Å². The van der Waals surface area contributed by atoms with Crippen molar-refractivity contribution in [2.75, 3.05) is 62.7 Å². The molecule has 10 nitrogen and oxygen atoms in total. The molecule has 5 heterocycles. The first-order valence-electron chi connectivity index (χ1n) is 14.4. The van der Waals surface area contributed by atoms with Gasteiger partial charge in [-0.25, -0.2) is 4.39 Å². The normalized spacial score (nSPS) is 22.2. The number of benzene rings is 1. The van der Waals surface area contributed by atoms with E-state index in [2.05, 4.69) is 46.5 Å². The van der Waals surface area contributed by atoms with Crippen LogP contribution in [-0.2, 0) is 17.8 Å². The summed E-state index contributed by atoms with van der Waals surface area (Å²) in [6.07, 6.45) is 4.47. The monoisotopic (exact) mass is 612 g/mol. The van der Waals surface area contributed by atoms with Crippen LogP contribution in [0.4, 0.5) is 15.9 Å². The average Bonchev–Trinajstić information content (AvgIpc) is 3.52. The molecule has 0 bridgehead atoms. The summed E-state index contributed by atoms with van der Waals surface area (Å²) < 4.78 is 20.9. The Kier molecular flexibility index (Phi) is 9.60. The largest absolute Gasteiger partial charge is 0.462 e. The van der Waals surface area contributed by atoms with Crippen LogP contribution in [0.1, 0.15) is 43.2 Å². The van der Waals surface area contributed by atoms with Crippen LogP contribution in [0.2, 0.25) is 0 Å². The van der Waals surface area contributed by atoms with E-state index < -0.39 is 5.67 Å². The number of ether oxygens (including phenoxy) is 1. The molecule has 0 spiro atoms. The molecule has 2 atom stereocenters. The zero-order valence-electron chi connectivity index (χ0n) is 24.9. The summed E-state index contributed by atoms with van der Waals surface area (Å²) in [6, 6.07) is 2.42. The summed E-state index contributed by atoms with van der Waals surface area (Å²) in [6.45, 7) is 14.3. The van der Waals surface area contributed by atoms with Crippen molar-refractivity contribution in [1.29, 1.82) is 0 Å². The minimum atomic E-state index is -1.22. The fourth-order valence-corrected chi connectivity index (χ4v) is 6.61. The first-order chi connectivity index (χ1) is 19.6. The van der Waals surface area contributed by atoms with Crippen LogP contribution >= 0.6 is 13.5 Å². The molecule has 0 radical (unpaired) electrons. The van der Waals surface area contributed by atoms with E-state index in [4.69, 9.17) is 14.7 Å². The van der Waals surface area contributed by atoms with Gasteiger partial charge in [0.15, 0.2) is 0 Å². The van der Waals surface area contributed by atoms with E-state index in [1.54, 1.807) is 6.92 Å². The third-order valence-electron chi connectivity index (χ3n) is 8.90. The number of likely N-dealkylation sites (tertiary alicyclic amines) is 1. The topological polar surface area (TPSA) is 93.7 Å². The number of nitrogens with one attached hydrogen (secondary N) is 1. The van der Waals surface area contributed by atoms with Crippen LogP contribution in [-0.4, -0.2) is 101 Å². The number of H-pyrrole nitrogens is 1. The number of piperazine rings is 1. The van der Waals surface area contributed by atoms with E-state index in [9.17, 15) is 9.18 Å². The van der Waals surface area contributed by atoms with Crippen molar-refractivity contribution < 1.29 is 13.9 Å². The molecule has 2 fully saturated rings. The molecule has 1 N–H and O–H groups in total. The highest BCUT2D eigenvalue weighted by atomic mass is 32.1. The molecule has 0 saturated carbocycles. The Labute approximate surface area is 260 Å². The van der Waals surface area contributed by atoms with Gasteiger partial charge in [-0.2, -0.15) is 28.6 Å². The Hall–Kier alpha value is -3.38. The molecule has 3 aromatic rings. The zero-order valence-corrected chi connectivity index (χ0v) is 25.9. The van der Waals surface area contributed by atoms with Gasteiger partial charge in [-0.1, -0.05) is 14.0 Å². The van der Waals surface area contributed by atoms with E-state index in [1.807, 2.05) is 23.0 Å². The highest BCUT2D eigenvalue weighted by molar-refractivity contribution is 7.59. The predicted octanol–water partition coefficient (Wildman–Crippen LogP) is 3.93. The van der Waals surface area contributed by atoms with Gasteiger partial charge in [-0.15, -0.1) is 0 Å². The van der Waals surface area contributed by atoms with Crippen molar-refractivity contribution in [3.63, 3.8) is 0 Å². The highest BCUT2D eigenvalue weighted by Gasteiger charge is 2.39. The number of amides is 1. The van der Waals surface area contributed by atoms with Gasteiger partial charge >= 0.3 is 6.01 Å².